The Morgan fingerprint density at radius 3 is 1.94 bits per heavy atom. The van der Waals surface area contributed by atoms with Crippen molar-refractivity contribution >= 4 is 0 Å². The third-order valence-electron chi connectivity index (χ3n) is 2.08. The second-order valence-corrected chi connectivity index (χ2v) is 4.16. The zero-order valence-electron chi connectivity index (χ0n) is 11.6. The Balaban J connectivity index is 3.54. The molecule has 0 aliphatic heterocycles. The van der Waals surface area contributed by atoms with E-state index < -0.39 is 0 Å². The Bertz CT molecular complexity index is 194. The molecule has 0 aromatic heterocycles. The molecule has 0 fully saturated rings. The highest BCUT2D eigenvalue weighted by molar-refractivity contribution is 4.67. The molecule has 17 heavy (non-hydrogen) atoms. The fourth-order valence-corrected chi connectivity index (χ4v) is 1.18. The molecule has 0 spiro atoms. The molecule has 4 nitrogen and oxygen atoms in total. The minimum Gasteiger partial charge on any atom is -0.496 e. The molecule has 4 heteroatoms. The van der Waals surface area contributed by atoms with Gasteiger partial charge in [-0.15, -0.1) is 0 Å². The van der Waals surface area contributed by atoms with Crippen LogP contribution in [0.5, 0.6) is 0 Å². The third-order valence-corrected chi connectivity index (χ3v) is 2.08. The second-order valence-electron chi connectivity index (χ2n) is 4.16. The van der Waals surface area contributed by atoms with Gasteiger partial charge in [-0.25, -0.2) is 0 Å². The molecular weight excluding hydrogens is 220 g/mol. The zero-order chi connectivity index (χ0) is 13.1. The first-order valence-corrected chi connectivity index (χ1v) is 6.08. The van der Waals surface area contributed by atoms with E-state index in [1.54, 1.807) is 13.4 Å². The SMILES string of the molecule is CC=COC(C)COC(C)COC(C)COC. The fraction of sp³-hybridized carbons (Fsp3) is 0.846. The number of allylic oxidation sites excluding steroid dienone is 1. The van der Waals surface area contributed by atoms with E-state index in [4.69, 9.17) is 18.9 Å². The van der Waals surface area contributed by atoms with Crippen LogP contribution in [0.15, 0.2) is 12.3 Å². The lowest BCUT2D eigenvalue weighted by atomic mass is 10.4. The van der Waals surface area contributed by atoms with Gasteiger partial charge in [-0.3, -0.25) is 0 Å². The van der Waals surface area contributed by atoms with E-state index in [9.17, 15) is 0 Å². The molecule has 0 saturated carbocycles. The summed E-state index contributed by atoms with van der Waals surface area (Å²) in [5.41, 5.74) is 0. The maximum atomic E-state index is 5.60. The van der Waals surface area contributed by atoms with Crippen LogP contribution < -0.4 is 0 Å². The summed E-state index contributed by atoms with van der Waals surface area (Å²) in [6.07, 6.45) is 3.75. The van der Waals surface area contributed by atoms with Gasteiger partial charge in [0.05, 0.1) is 38.3 Å². The molecule has 0 saturated heterocycles. The first-order valence-electron chi connectivity index (χ1n) is 6.08. The third kappa shape index (κ3) is 10.3. The van der Waals surface area contributed by atoms with Crippen molar-refractivity contribution in [3.05, 3.63) is 12.3 Å². The normalized spacial score (nSPS) is 17.0. The van der Waals surface area contributed by atoms with Crippen molar-refractivity contribution in [3.63, 3.8) is 0 Å². The van der Waals surface area contributed by atoms with Crippen molar-refractivity contribution in [1.29, 1.82) is 0 Å². The van der Waals surface area contributed by atoms with Gasteiger partial charge in [0.25, 0.3) is 0 Å². The average molecular weight is 246 g/mol. The van der Waals surface area contributed by atoms with Crippen molar-refractivity contribution in [2.24, 2.45) is 0 Å². The molecule has 0 aromatic carbocycles. The van der Waals surface area contributed by atoms with Crippen LogP contribution in [0.25, 0.3) is 0 Å². The summed E-state index contributed by atoms with van der Waals surface area (Å²) in [5.74, 6) is 0. The van der Waals surface area contributed by atoms with Crippen LogP contribution in [0.3, 0.4) is 0 Å². The van der Waals surface area contributed by atoms with Crippen molar-refractivity contribution < 1.29 is 18.9 Å². The Morgan fingerprint density at radius 1 is 0.882 bits per heavy atom. The summed E-state index contributed by atoms with van der Waals surface area (Å²) >= 11 is 0. The predicted octanol–water partition coefficient (Wildman–Crippen LogP) is 2.38. The van der Waals surface area contributed by atoms with Crippen molar-refractivity contribution in [2.45, 2.75) is 46.0 Å². The van der Waals surface area contributed by atoms with Gasteiger partial charge in [0, 0.05) is 7.11 Å². The highest BCUT2D eigenvalue weighted by atomic mass is 16.6. The molecule has 0 radical (unpaired) electrons. The lowest BCUT2D eigenvalue weighted by Crippen LogP contribution is -2.25. The molecule has 0 heterocycles. The van der Waals surface area contributed by atoms with Gasteiger partial charge in [0.15, 0.2) is 0 Å². The molecule has 0 amide bonds. The quantitative estimate of drug-likeness (QED) is 0.555. The van der Waals surface area contributed by atoms with E-state index in [2.05, 4.69) is 0 Å². The molecule has 0 N–H and O–H groups in total. The van der Waals surface area contributed by atoms with Gasteiger partial charge < -0.3 is 18.9 Å². The lowest BCUT2D eigenvalue weighted by Gasteiger charge is -2.19. The van der Waals surface area contributed by atoms with E-state index in [0.29, 0.717) is 19.8 Å². The van der Waals surface area contributed by atoms with Crippen LogP contribution in [0.1, 0.15) is 27.7 Å². The van der Waals surface area contributed by atoms with E-state index in [1.165, 1.54) is 0 Å². The van der Waals surface area contributed by atoms with E-state index in [-0.39, 0.29) is 18.3 Å². The fourth-order valence-electron chi connectivity index (χ4n) is 1.18. The first kappa shape index (κ1) is 16.4. The predicted molar refractivity (Wildman–Crippen MR) is 68.1 cm³/mol. The van der Waals surface area contributed by atoms with Crippen molar-refractivity contribution in [3.8, 4) is 0 Å². The van der Waals surface area contributed by atoms with E-state index in [1.807, 2.05) is 33.8 Å². The molecule has 3 atom stereocenters. The topological polar surface area (TPSA) is 36.9 Å². The van der Waals surface area contributed by atoms with Crippen LogP contribution in [0, 0.1) is 0 Å². The second kappa shape index (κ2) is 10.6. The van der Waals surface area contributed by atoms with Gasteiger partial charge in [0.1, 0.15) is 6.10 Å². The van der Waals surface area contributed by atoms with Crippen molar-refractivity contribution in [1.82, 2.24) is 0 Å². The Morgan fingerprint density at radius 2 is 1.41 bits per heavy atom. The molecule has 0 bridgehead atoms. The lowest BCUT2D eigenvalue weighted by molar-refractivity contribution is -0.0672. The maximum absolute atomic E-state index is 5.60. The first-order chi connectivity index (χ1) is 8.10. The Labute approximate surface area is 105 Å². The van der Waals surface area contributed by atoms with Crippen molar-refractivity contribution in [2.75, 3.05) is 26.9 Å². The smallest absolute Gasteiger partial charge is 0.118 e. The minimum atomic E-state index is 0.0602. The maximum Gasteiger partial charge on any atom is 0.118 e. The number of rotatable bonds is 10. The zero-order valence-corrected chi connectivity index (χ0v) is 11.6. The molecule has 102 valence electrons. The van der Waals surface area contributed by atoms with Crippen LogP contribution in [-0.4, -0.2) is 45.2 Å². The summed E-state index contributed by atoms with van der Waals surface area (Å²) in [7, 11) is 1.67. The molecule has 0 aliphatic carbocycles. The van der Waals surface area contributed by atoms with Crippen LogP contribution in [0.2, 0.25) is 0 Å². The highest BCUT2D eigenvalue weighted by Gasteiger charge is 2.09. The van der Waals surface area contributed by atoms with Crippen LogP contribution in [-0.2, 0) is 18.9 Å². The Kier molecular flexibility index (Phi) is 10.2. The molecular formula is C13H26O4. The number of ether oxygens (including phenoxy) is 4. The molecule has 0 rings (SSSR count). The standard InChI is InChI=1S/C13H26O4/c1-6-7-15-12(3)9-17-13(4)10-16-11(2)8-14-5/h6-7,11-13H,8-10H2,1-5H3. The van der Waals surface area contributed by atoms with Gasteiger partial charge in [-0.1, -0.05) is 6.08 Å². The Hall–Kier alpha value is -0.580. The highest BCUT2D eigenvalue weighted by Crippen LogP contribution is 2.00. The largest absolute Gasteiger partial charge is 0.496 e. The van der Waals surface area contributed by atoms with Crippen LogP contribution >= 0.6 is 0 Å². The van der Waals surface area contributed by atoms with Gasteiger partial charge >= 0.3 is 0 Å². The van der Waals surface area contributed by atoms with Gasteiger partial charge in [-0.05, 0) is 27.7 Å². The van der Waals surface area contributed by atoms with E-state index >= 15 is 0 Å². The van der Waals surface area contributed by atoms with Crippen LogP contribution in [0.4, 0.5) is 0 Å². The molecule has 0 aromatic rings. The monoisotopic (exact) mass is 246 g/mol. The molecule has 3 unspecified atom stereocenters. The summed E-state index contributed by atoms with van der Waals surface area (Å²) in [6.45, 7) is 9.60. The minimum absolute atomic E-state index is 0.0602. The van der Waals surface area contributed by atoms with Gasteiger partial charge in [0.2, 0.25) is 0 Å². The number of methoxy groups -OCH3 is 1. The summed E-state index contributed by atoms with van der Waals surface area (Å²) < 4.78 is 21.5. The van der Waals surface area contributed by atoms with E-state index in [0.717, 1.165) is 0 Å². The molecule has 0 aliphatic rings. The summed E-state index contributed by atoms with van der Waals surface area (Å²) in [6, 6.07) is 0. The average Bonchev–Trinajstić information content (AvgIpc) is 2.31. The van der Waals surface area contributed by atoms with Gasteiger partial charge in [-0.2, -0.15) is 0 Å². The number of hydrogen-bond donors (Lipinski definition) is 0. The number of hydrogen-bond acceptors (Lipinski definition) is 4. The summed E-state index contributed by atoms with van der Waals surface area (Å²) in [4.78, 5) is 0. The summed E-state index contributed by atoms with van der Waals surface area (Å²) in [5, 5.41) is 0.